The van der Waals surface area contributed by atoms with Gasteiger partial charge in [0.2, 0.25) is 0 Å². The minimum atomic E-state index is -1.17. The maximum atomic E-state index is 12.1. The van der Waals surface area contributed by atoms with Crippen LogP contribution < -0.4 is 16.6 Å². The van der Waals surface area contributed by atoms with Crippen LogP contribution in [0.2, 0.25) is 0 Å². The van der Waals surface area contributed by atoms with Gasteiger partial charge in [0.1, 0.15) is 11.7 Å². The number of carbonyl (C=O) groups is 2. The van der Waals surface area contributed by atoms with E-state index in [1.807, 2.05) is 0 Å². The fourth-order valence-corrected chi connectivity index (χ4v) is 3.62. The third-order valence-electron chi connectivity index (χ3n) is 4.72. The monoisotopic (exact) mass is 357 g/mol. The fraction of sp³-hybridized carbons (Fsp3) is 0.824. The summed E-state index contributed by atoms with van der Waals surface area (Å²) in [6.07, 6.45) is 0.899. The summed E-state index contributed by atoms with van der Waals surface area (Å²) in [5.74, 6) is -1.99. The van der Waals surface area contributed by atoms with Crippen molar-refractivity contribution in [3.63, 3.8) is 0 Å². The van der Waals surface area contributed by atoms with Gasteiger partial charge >= 0.3 is 6.09 Å². The number of carboxylic acids is 1. The number of rotatable bonds is 5. The number of hydrogen-bond donors (Lipinski definition) is 2. The van der Waals surface area contributed by atoms with Crippen LogP contribution in [0, 0.1) is 17.8 Å². The number of fused-ring (bicyclic) bond motifs is 1. The van der Waals surface area contributed by atoms with E-state index in [-0.39, 0.29) is 30.4 Å². The topological polar surface area (TPSA) is 137 Å². The van der Waals surface area contributed by atoms with Crippen LogP contribution in [0.4, 0.5) is 4.79 Å². The average molecular weight is 357 g/mol. The summed E-state index contributed by atoms with van der Waals surface area (Å²) in [6.45, 7) is 9.47. The van der Waals surface area contributed by atoms with Crippen LogP contribution in [0.3, 0.4) is 0 Å². The van der Waals surface area contributed by atoms with Crippen molar-refractivity contribution in [2.75, 3.05) is 0 Å². The van der Waals surface area contributed by atoms with Gasteiger partial charge in [-0.2, -0.15) is 0 Å². The van der Waals surface area contributed by atoms with Crippen molar-refractivity contribution in [2.45, 2.75) is 71.6 Å². The number of ether oxygens (including phenoxy) is 1. The summed E-state index contributed by atoms with van der Waals surface area (Å²) in [6, 6.07) is -0.380. The van der Waals surface area contributed by atoms with E-state index in [1.165, 1.54) is 0 Å². The van der Waals surface area contributed by atoms with E-state index in [9.17, 15) is 14.7 Å². The molecule has 0 bridgehead atoms. The van der Waals surface area contributed by atoms with Crippen LogP contribution >= 0.6 is 0 Å². The van der Waals surface area contributed by atoms with Crippen LogP contribution in [0.5, 0.6) is 0 Å². The summed E-state index contributed by atoms with van der Waals surface area (Å²) < 4.78 is 5.30. The molecule has 0 saturated heterocycles. The van der Waals surface area contributed by atoms with Gasteiger partial charge in [0.25, 0.3) is 0 Å². The molecule has 1 aliphatic carbocycles. The van der Waals surface area contributed by atoms with Gasteiger partial charge in [0.15, 0.2) is 0 Å². The minimum absolute atomic E-state index is 0. The molecule has 2 rings (SSSR count). The molecule has 1 amide bonds. The Kier molecular flexibility index (Phi) is 6.82. The molecule has 0 aromatic rings. The molecular weight excluding hydrogens is 326 g/mol. The molecule has 1 saturated carbocycles. The van der Waals surface area contributed by atoms with E-state index in [0.29, 0.717) is 0 Å². The molecule has 4 atom stereocenters. The van der Waals surface area contributed by atoms with Crippen molar-refractivity contribution in [3.8, 4) is 0 Å². The molecule has 5 N–H and O–H groups in total. The number of nitrogens with zero attached hydrogens (tertiary/aromatic N) is 1. The number of quaternary nitrogens is 1. The Morgan fingerprint density at radius 3 is 2.44 bits per heavy atom. The number of aliphatic carboxylic acids is 1. The van der Waals surface area contributed by atoms with Crippen molar-refractivity contribution >= 4 is 17.8 Å². The molecule has 1 aliphatic heterocycles. The van der Waals surface area contributed by atoms with Crippen molar-refractivity contribution in [1.82, 2.24) is 11.5 Å². The molecule has 2 aliphatic rings. The Morgan fingerprint density at radius 2 is 1.96 bits per heavy atom. The number of amides is 1. The normalized spacial score (nSPS) is 27.8. The molecule has 8 nitrogen and oxygen atoms in total. The molecular formula is C17H31N3O5. The lowest BCUT2D eigenvalue weighted by Gasteiger charge is -2.26. The molecule has 25 heavy (non-hydrogen) atoms. The van der Waals surface area contributed by atoms with Gasteiger partial charge in [-0.05, 0) is 40.0 Å². The zero-order valence-electron chi connectivity index (χ0n) is 16.0. The van der Waals surface area contributed by atoms with E-state index in [4.69, 9.17) is 9.57 Å². The lowest BCUT2D eigenvalue weighted by Crippen LogP contribution is -2.45. The van der Waals surface area contributed by atoms with Crippen LogP contribution in [0.15, 0.2) is 5.16 Å². The third kappa shape index (κ3) is 4.62. The van der Waals surface area contributed by atoms with E-state index < -0.39 is 29.7 Å². The number of carboxylic acid groups (broad SMARTS) is 1. The molecule has 0 spiro atoms. The first kappa shape index (κ1) is 21.2. The van der Waals surface area contributed by atoms with Crippen molar-refractivity contribution in [2.24, 2.45) is 22.9 Å². The predicted molar refractivity (Wildman–Crippen MR) is 92.1 cm³/mol. The van der Waals surface area contributed by atoms with Gasteiger partial charge < -0.3 is 30.9 Å². The van der Waals surface area contributed by atoms with E-state index >= 15 is 0 Å². The maximum Gasteiger partial charge on any atom is 0.407 e. The first-order chi connectivity index (χ1) is 11.2. The molecule has 0 unspecified atom stereocenters. The molecule has 8 heteroatoms. The molecule has 0 radical (unpaired) electrons. The van der Waals surface area contributed by atoms with E-state index in [0.717, 1.165) is 18.6 Å². The van der Waals surface area contributed by atoms with Gasteiger partial charge in [0, 0.05) is 23.8 Å². The number of oxime groups is 1. The standard InChI is InChI=1S/C17H28N2O5.H3N/c1-6-9(7-2)13-12-11(18-16(22)23-17(3,4)5)8-10(15(20)21)14(12)24-19-13;/h9-12,14H,6-8H2,1-5H3,(H,18,22)(H,20,21);1H3/t10-,11+,12+,14+;/m0./s1. The Morgan fingerprint density at radius 1 is 1.36 bits per heavy atom. The molecule has 1 heterocycles. The summed E-state index contributed by atoms with van der Waals surface area (Å²) in [4.78, 5) is 29.0. The highest BCUT2D eigenvalue weighted by Crippen LogP contribution is 2.41. The Hall–Kier alpha value is -1.83. The second-order valence-electron chi connectivity index (χ2n) is 7.54. The average Bonchev–Trinajstić information content (AvgIpc) is 3.00. The molecule has 0 aromatic carbocycles. The van der Waals surface area contributed by atoms with Crippen LogP contribution in [0.1, 0.15) is 53.9 Å². The lowest BCUT2D eigenvalue weighted by atomic mass is 9.84. The van der Waals surface area contributed by atoms with Crippen LogP contribution in [0.25, 0.3) is 0 Å². The minimum Gasteiger partial charge on any atom is -0.550 e. The maximum absolute atomic E-state index is 12.1. The SMILES string of the molecule is CCC(CC)C1=NO[C@H]2[C@@H]1[C@H](NC(=O)OC(C)(C)C)C[C@@H]2C(=O)[O-].[NH4+]. The predicted octanol–water partition coefficient (Wildman–Crippen LogP) is 1.83. The van der Waals surface area contributed by atoms with Gasteiger partial charge in [-0.15, -0.1) is 0 Å². The number of hydrogen-bond acceptors (Lipinski definition) is 6. The smallest absolute Gasteiger partial charge is 0.407 e. The van der Waals surface area contributed by atoms with Gasteiger partial charge in [0.05, 0.1) is 11.6 Å². The zero-order valence-corrected chi connectivity index (χ0v) is 16.0. The molecule has 144 valence electrons. The highest BCUT2D eigenvalue weighted by molar-refractivity contribution is 5.92. The van der Waals surface area contributed by atoms with E-state index in [1.54, 1.807) is 20.8 Å². The molecule has 0 aromatic heterocycles. The van der Waals surface area contributed by atoms with Crippen LogP contribution in [-0.4, -0.2) is 35.5 Å². The second-order valence-corrected chi connectivity index (χ2v) is 7.54. The van der Waals surface area contributed by atoms with Gasteiger partial charge in [-0.1, -0.05) is 19.0 Å². The van der Waals surface area contributed by atoms with E-state index in [2.05, 4.69) is 24.3 Å². The number of carbonyl (C=O) groups excluding carboxylic acids is 2. The second kappa shape index (κ2) is 8.03. The first-order valence-electron chi connectivity index (χ1n) is 8.61. The summed E-state index contributed by atoms with van der Waals surface area (Å²) >= 11 is 0. The first-order valence-corrected chi connectivity index (χ1v) is 8.61. The summed E-state index contributed by atoms with van der Waals surface area (Å²) in [5, 5.41) is 18.4. The number of alkyl carbamates (subject to hydrolysis) is 1. The fourth-order valence-electron chi connectivity index (χ4n) is 3.62. The highest BCUT2D eigenvalue weighted by atomic mass is 16.6. The quantitative estimate of drug-likeness (QED) is 0.773. The number of nitrogens with one attached hydrogen (secondary N) is 1. The summed E-state index contributed by atoms with van der Waals surface area (Å²) in [7, 11) is 0. The van der Waals surface area contributed by atoms with Crippen molar-refractivity contribution in [3.05, 3.63) is 0 Å². The van der Waals surface area contributed by atoms with Crippen LogP contribution in [-0.2, 0) is 14.4 Å². The van der Waals surface area contributed by atoms with Gasteiger partial charge in [-0.3, -0.25) is 0 Å². The Bertz CT molecular complexity index is 525. The van der Waals surface area contributed by atoms with Crippen molar-refractivity contribution in [1.29, 1.82) is 0 Å². The molecule has 1 fully saturated rings. The van der Waals surface area contributed by atoms with Gasteiger partial charge in [-0.25, -0.2) is 4.79 Å². The largest absolute Gasteiger partial charge is 0.550 e. The Labute approximate surface area is 148 Å². The summed E-state index contributed by atoms with van der Waals surface area (Å²) in [5.41, 5.74) is 0.226. The third-order valence-corrected chi connectivity index (χ3v) is 4.72. The lowest BCUT2D eigenvalue weighted by molar-refractivity contribution is -0.314. The highest BCUT2D eigenvalue weighted by Gasteiger charge is 2.53. The van der Waals surface area contributed by atoms with Crippen molar-refractivity contribution < 1.29 is 24.3 Å². The Balaban J connectivity index is 0.00000312. The zero-order chi connectivity index (χ0) is 18.1.